The van der Waals surface area contributed by atoms with Gasteiger partial charge in [0.1, 0.15) is 12.4 Å². The molecule has 1 aliphatic heterocycles. The van der Waals surface area contributed by atoms with Crippen LogP contribution < -0.4 is 14.8 Å². The Morgan fingerprint density at radius 1 is 1.19 bits per heavy atom. The minimum absolute atomic E-state index is 0.272. The highest BCUT2D eigenvalue weighted by atomic mass is 35.5. The van der Waals surface area contributed by atoms with Crippen LogP contribution >= 0.6 is 11.6 Å². The summed E-state index contributed by atoms with van der Waals surface area (Å²) in [5.74, 6) is 0.846. The van der Waals surface area contributed by atoms with Crippen LogP contribution in [-0.4, -0.2) is 25.9 Å². The molecule has 0 aromatic heterocycles. The van der Waals surface area contributed by atoms with E-state index in [-0.39, 0.29) is 12.4 Å². The van der Waals surface area contributed by atoms with E-state index in [4.69, 9.17) is 25.8 Å². The average molecular weight is 394 g/mol. The topological polar surface area (TPSA) is 39.7 Å². The second-order valence-corrected chi connectivity index (χ2v) is 6.93. The molecule has 146 valence electrons. The van der Waals surface area contributed by atoms with Crippen molar-refractivity contribution >= 4 is 11.6 Å². The summed E-state index contributed by atoms with van der Waals surface area (Å²) in [6.45, 7) is 5.07. The Kier molecular flexibility index (Phi) is 7.33. The molecule has 0 aliphatic carbocycles. The fourth-order valence-electron chi connectivity index (χ4n) is 3.05. The molecular formula is C21H25ClFNO3. The fraction of sp³-hybridized carbons (Fsp3) is 0.429. The lowest BCUT2D eigenvalue weighted by atomic mass is 10.2. The van der Waals surface area contributed by atoms with Crippen LogP contribution in [0.4, 0.5) is 4.39 Å². The summed E-state index contributed by atoms with van der Waals surface area (Å²) in [4.78, 5) is 0. The summed E-state index contributed by atoms with van der Waals surface area (Å²) >= 11 is 6.45. The van der Waals surface area contributed by atoms with E-state index >= 15 is 0 Å². The Labute approximate surface area is 164 Å². The van der Waals surface area contributed by atoms with Gasteiger partial charge in [-0.05, 0) is 55.2 Å². The summed E-state index contributed by atoms with van der Waals surface area (Å²) in [5, 5.41) is 3.90. The van der Waals surface area contributed by atoms with E-state index < -0.39 is 0 Å². The molecule has 1 atom stereocenters. The van der Waals surface area contributed by atoms with Gasteiger partial charge >= 0.3 is 0 Å². The Morgan fingerprint density at radius 2 is 2.00 bits per heavy atom. The van der Waals surface area contributed by atoms with Crippen molar-refractivity contribution in [1.82, 2.24) is 5.32 Å². The van der Waals surface area contributed by atoms with Crippen molar-refractivity contribution in [1.29, 1.82) is 0 Å². The molecule has 2 aromatic carbocycles. The summed E-state index contributed by atoms with van der Waals surface area (Å²) < 4.78 is 30.2. The molecule has 0 saturated carbocycles. The van der Waals surface area contributed by atoms with Gasteiger partial charge in [-0.2, -0.15) is 0 Å². The third kappa shape index (κ3) is 5.83. The van der Waals surface area contributed by atoms with Crippen molar-refractivity contribution in [2.75, 3.05) is 19.8 Å². The zero-order valence-electron chi connectivity index (χ0n) is 15.5. The van der Waals surface area contributed by atoms with Crippen LogP contribution in [-0.2, 0) is 17.9 Å². The van der Waals surface area contributed by atoms with Crippen LogP contribution in [0.1, 0.15) is 30.9 Å². The molecule has 0 bridgehead atoms. The van der Waals surface area contributed by atoms with E-state index in [1.165, 1.54) is 12.1 Å². The molecule has 0 amide bonds. The highest BCUT2D eigenvalue weighted by Gasteiger charge is 2.16. The number of rotatable bonds is 9. The van der Waals surface area contributed by atoms with Crippen LogP contribution in [0.2, 0.25) is 5.02 Å². The van der Waals surface area contributed by atoms with Gasteiger partial charge in [-0.25, -0.2) is 4.39 Å². The van der Waals surface area contributed by atoms with E-state index in [0.717, 1.165) is 37.1 Å². The molecule has 1 saturated heterocycles. The predicted molar refractivity (Wildman–Crippen MR) is 104 cm³/mol. The summed E-state index contributed by atoms with van der Waals surface area (Å²) in [6.07, 6.45) is 2.53. The first kappa shape index (κ1) is 19.9. The first-order valence-corrected chi connectivity index (χ1v) is 9.68. The number of halogens is 2. The van der Waals surface area contributed by atoms with Crippen molar-refractivity contribution in [3.63, 3.8) is 0 Å². The first-order valence-electron chi connectivity index (χ1n) is 9.30. The van der Waals surface area contributed by atoms with Crippen molar-refractivity contribution in [2.45, 2.75) is 39.0 Å². The van der Waals surface area contributed by atoms with Gasteiger partial charge in [0.2, 0.25) is 0 Å². The molecule has 3 rings (SSSR count). The van der Waals surface area contributed by atoms with E-state index in [2.05, 4.69) is 5.32 Å². The summed E-state index contributed by atoms with van der Waals surface area (Å²) in [6, 6.07) is 10.0. The number of hydrogen-bond acceptors (Lipinski definition) is 4. The molecular weight excluding hydrogens is 369 g/mol. The van der Waals surface area contributed by atoms with E-state index in [1.54, 1.807) is 12.1 Å². The molecule has 1 heterocycles. The molecule has 1 fully saturated rings. The minimum Gasteiger partial charge on any atom is -0.490 e. The van der Waals surface area contributed by atoms with Gasteiger partial charge in [-0.1, -0.05) is 23.7 Å². The molecule has 0 spiro atoms. The maximum atomic E-state index is 13.0. The monoisotopic (exact) mass is 393 g/mol. The second-order valence-electron chi connectivity index (χ2n) is 6.52. The Balaban J connectivity index is 1.64. The predicted octanol–water partition coefficient (Wildman–Crippen LogP) is 4.73. The quantitative estimate of drug-likeness (QED) is 0.668. The smallest absolute Gasteiger partial charge is 0.180 e. The van der Waals surface area contributed by atoms with Gasteiger partial charge in [-0.15, -0.1) is 0 Å². The number of ether oxygens (including phenoxy) is 3. The number of benzene rings is 2. The maximum Gasteiger partial charge on any atom is 0.180 e. The Hall–Kier alpha value is -1.82. The van der Waals surface area contributed by atoms with Crippen molar-refractivity contribution in [2.24, 2.45) is 0 Å². The van der Waals surface area contributed by atoms with Crippen molar-refractivity contribution in [3.05, 3.63) is 58.4 Å². The molecule has 4 nitrogen and oxygen atoms in total. The second kappa shape index (κ2) is 9.93. The van der Waals surface area contributed by atoms with Crippen molar-refractivity contribution < 1.29 is 18.6 Å². The van der Waals surface area contributed by atoms with Gasteiger partial charge in [0.05, 0.1) is 17.7 Å². The number of nitrogens with one attached hydrogen (secondary N) is 1. The third-order valence-corrected chi connectivity index (χ3v) is 4.67. The largest absolute Gasteiger partial charge is 0.490 e. The van der Waals surface area contributed by atoms with E-state index in [9.17, 15) is 4.39 Å². The van der Waals surface area contributed by atoms with Gasteiger partial charge in [0, 0.05) is 19.7 Å². The molecule has 0 unspecified atom stereocenters. The van der Waals surface area contributed by atoms with E-state index in [0.29, 0.717) is 35.8 Å². The Bertz CT molecular complexity index is 733. The Morgan fingerprint density at radius 3 is 2.70 bits per heavy atom. The highest BCUT2D eigenvalue weighted by molar-refractivity contribution is 6.32. The molecule has 27 heavy (non-hydrogen) atoms. The van der Waals surface area contributed by atoms with Crippen LogP contribution in [0, 0.1) is 5.82 Å². The summed E-state index contributed by atoms with van der Waals surface area (Å²) in [5.41, 5.74) is 1.88. The van der Waals surface area contributed by atoms with Crippen LogP contribution in [0.3, 0.4) is 0 Å². The van der Waals surface area contributed by atoms with Gasteiger partial charge in [0.25, 0.3) is 0 Å². The molecule has 6 heteroatoms. The van der Waals surface area contributed by atoms with Crippen molar-refractivity contribution in [3.8, 4) is 11.5 Å². The van der Waals surface area contributed by atoms with E-state index in [1.807, 2.05) is 19.1 Å². The van der Waals surface area contributed by atoms with Crippen LogP contribution in [0.15, 0.2) is 36.4 Å². The lowest BCUT2D eigenvalue weighted by Crippen LogP contribution is -2.25. The standard InChI is InChI=1S/C21H25ClFNO3/c1-2-25-20-11-16(12-24-13-18-4-3-9-26-18)10-19(22)21(20)27-14-15-5-7-17(23)8-6-15/h5-8,10-11,18,24H,2-4,9,12-14H2,1H3/t18-/m1/s1. The highest BCUT2D eigenvalue weighted by Crippen LogP contribution is 2.37. The zero-order valence-corrected chi connectivity index (χ0v) is 16.2. The van der Waals surface area contributed by atoms with Gasteiger partial charge in [-0.3, -0.25) is 0 Å². The molecule has 1 aliphatic rings. The zero-order chi connectivity index (χ0) is 19.1. The summed E-state index contributed by atoms with van der Waals surface area (Å²) in [7, 11) is 0. The molecule has 2 aromatic rings. The normalized spacial score (nSPS) is 16.5. The lowest BCUT2D eigenvalue weighted by Gasteiger charge is -2.16. The maximum absolute atomic E-state index is 13.0. The van der Waals surface area contributed by atoms with Gasteiger partial charge < -0.3 is 19.5 Å². The van der Waals surface area contributed by atoms with Gasteiger partial charge in [0.15, 0.2) is 11.5 Å². The lowest BCUT2D eigenvalue weighted by molar-refractivity contribution is 0.110. The fourth-order valence-corrected chi connectivity index (χ4v) is 3.33. The SMILES string of the molecule is CCOc1cc(CNC[C@H]2CCCO2)cc(Cl)c1OCc1ccc(F)cc1. The molecule has 0 radical (unpaired) electrons. The van der Waals surface area contributed by atoms with Crippen LogP contribution in [0.25, 0.3) is 0 Å². The minimum atomic E-state index is -0.272. The number of hydrogen-bond donors (Lipinski definition) is 1. The average Bonchev–Trinajstić information content (AvgIpc) is 3.16. The first-order chi connectivity index (χ1) is 13.2. The van der Waals surface area contributed by atoms with Crippen LogP contribution in [0.5, 0.6) is 11.5 Å². The third-order valence-electron chi connectivity index (χ3n) is 4.39. The molecule has 1 N–H and O–H groups in total.